The molecule has 0 spiro atoms. The number of carbonyl (C=O) groups excluding carboxylic acids is 1. The number of carbonyl (C=O) groups is 1. The number of halogens is 2. The average Bonchev–Trinajstić information content (AvgIpc) is 2.92. The molecule has 2 heterocycles. The van der Waals surface area contributed by atoms with E-state index in [0.29, 0.717) is 27.2 Å². The number of ether oxygens (including phenoxy) is 1. The molecule has 0 saturated heterocycles. The predicted molar refractivity (Wildman–Crippen MR) is 72.6 cm³/mol. The van der Waals surface area contributed by atoms with E-state index in [1.165, 1.54) is 29.5 Å². The van der Waals surface area contributed by atoms with E-state index < -0.39 is 0 Å². The van der Waals surface area contributed by atoms with Crippen LogP contribution in [0.1, 0.15) is 10.5 Å². The maximum atomic E-state index is 13.0. The first-order chi connectivity index (χ1) is 9.19. The summed E-state index contributed by atoms with van der Waals surface area (Å²) in [4.78, 5) is 16.0. The fraction of sp³-hybridized carbons (Fsp3) is 0. The normalized spacial score (nSPS) is 10.8. The van der Waals surface area contributed by atoms with E-state index in [4.69, 9.17) is 4.74 Å². The zero-order chi connectivity index (χ0) is 13.4. The smallest absolute Gasteiger partial charge is 0.250 e. The molecular weight excluding hydrogens is 335 g/mol. The van der Waals surface area contributed by atoms with Crippen molar-refractivity contribution in [1.82, 2.24) is 9.38 Å². The molecule has 7 heteroatoms. The highest BCUT2D eigenvalue weighted by atomic mass is 79.9. The monoisotopic (exact) mass is 340 g/mol. The van der Waals surface area contributed by atoms with E-state index in [-0.39, 0.29) is 11.7 Å². The zero-order valence-electron chi connectivity index (χ0n) is 9.34. The first kappa shape index (κ1) is 12.3. The Balaban J connectivity index is 2.05. The molecule has 3 rings (SSSR count). The van der Waals surface area contributed by atoms with Gasteiger partial charge in [0.1, 0.15) is 11.6 Å². The summed E-state index contributed by atoms with van der Waals surface area (Å²) in [6, 6.07) is 4.04. The van der Waals surface area contributed by atoms with Gasteiger partial charge >= 0.3 is 0 Å². The fourth-order valence-electron chi connectivity index (χ4n) is 1.63. The molecule has 4 nitrogen and oxygen atoms in total. The minimum Gasteiger partial charge on any atom is -0.436 e. The molecule has 0 atom stereocenters. The lowest BCUT2D eigenvalue weighted by Gasteiger charge is -2.05. The van der Waals surface area contributed by atoms with Gasteiger partial charge in [-0.2, -0.15) is 4.98 Å². The Morgan fingerprint density at radius 2 is 2.32 bits per heavy atom. The van der Waals surface area contributed by atoms with Crippen molar-refractivity contribution < 1.29 is 13.9 Å². The number of hydrogen-bond acceptors (Lipinski definition) is 4. The Morgan fingerprint density at radius 1 is 1.47 bits per heavy atom. The van der Waals surface area contributed by atoms with Crippen LogP contribution < -0.4 is 4.74 Å². The van der Waals surface area contributed by atoms with Gasteiger partial charge in [0.15, 0.2) is 16.9 Å². The average molecular weight is 341 g/mol. The standard InChI is InChI=1S/C12H6BrFN2O2S/c13-8-5-7(14)1-2-10(8)18-11-9(6-17)16-3-4-19-12(16)15-11/h1-6H. The molecule has 96 valence electrons. The maximum absolute atomic E-state index is 13.0. The van der Waals surface area contributed by atoms with Crippen molar-refractivity contribution in [3.05, 3.63) is 45.8 Å². The van der Waals surface area contributed by atoms with Crippen LogP contribution in [0.2, 0.25) is 0 Å². The van der Waals surface area contributed by atoms with E-state index in [1.54, 1.807) is 10.6 Å². The summed E-state index contributed by atoms with van der Waals surface area (Å²) in [5.74, 6) is 0.227. The summed E-state index contributed by atoms with van der Waals surface area (Å²) in [6.45, 7) is 0. The number of rotatable bonds is 3. The Kier molecular flexibility index (Phi) is 3.08. The second-order valence-electron chi connectivity index (χ2n) is 3.65. The first-order valence-electron chi connectivity index (χ1n) is 5.22. The topological polar surface area (TPSA) is 43.6 Å². The molecule has 0 saturated carbocycles. The van der Waals surface area contributed by atoms with E-state index in [9.17, 15) is 9.18 Å². The van der Waals surface area contributed by atoms with Gasteiger partial charge in [-0.1, -0.05) is 0 Å². The highest BCUT2D eigenvalue weighted by molar-refractivity contribution is 9.10. The maximum Gasteiger partial charge on any atom is 0.250 e. The molecule has 0 fully saturated rings. The first-order valence-corrected chi connectivity index (χ1v) is 6.90. The van der Waals surface area contributed by atoms with Gasteiger partial charge in [-0.3, -0.25) is 9.20 Å². The van der Waals surface area contributed by atoms with Crippen molar-refractivity contribution in [2.24, 2.45) is 0 Å². The van der Waals surface area contributed by atoms with Crippen molar-refractivity contribution >= 4 is 38.5 Å². The van der Waals surface area contributed by atoms with Crippen LogP contribution in [-0.4, -0.2) is 15.7 Å². The fourth-order valence-corrected chi connectivity index (χ4v) is 2.77. The Bertz CT molecular complexity index is 768. The van der Waals surface area contributed by atoms with Crippen LogP contribution in [0.3, 0.4) is 0 Å². The number of benzene rings is 1. The molecule has 0 radical (unpaired) electrons. The molecule has 0 bridgehead atoms. The van der Waals surface area contributed by atoms with Gasteiger partial charge in [-0.15, -0.1) is 11.3 Å². The Morgan fingerprint density at radius 3 is 3.05 bits per heavy atom. The molecule has 0 N–H and O–H groups in total. The second kappa shape index (κ2) is 4.75. The lowest BCUT2D eigenvalue weighted by Crippen LogP contribution is -1.92. The number of aldehydes is 1. The van der Waals surface area contributed by atoms with Gasteiger partial charge < -0.3 is 4.74 Å². The SMILES string of the molecule is O=Cc1c(Oc2ccc(F)cc2Br)nc2sccn12. The van der Waals surface area contributed by atoms with E-state index in [1.807, 2.05) is 5.38 Å². The Labute approximate surface area is 119 Å². The molecule has 0 unspecified atom stereocenters. The van der Waals surface area contributed by atoms with Crippen molar-refractivity contribution in [1.29, 1.82) is 0 Å². The van der Waals surface area contributed by atoms with Crippen LogP contribution in [0.5, 0.6) is 11.6 Å². The minimum absolute atomic E-state index is 0.203. The van der Waals surface area contributed by atoms with Crippen LogP contribution in [0.25, 0.3) is 4.96 Å². The molecule has 0 aliphatic rings. The summed E-state index contributed by atoms with van der Waals surface area (Å²) in [5.41, 5.74) is 0.326. The van der Waals surface area contributed by atoms with E-state index >= 15 is 0 Å². The molecule has 3 aromatic rings. The third-order valence-electron chi connectivity index (χ3n) is 2.48. The molecule has 0 aliphatic heterocycles. The number of imidazole rings is 1. The van der Waals surface area contributed by atoms with Crippen LogP contribution >= 0.6 is 27.3 Å². The van der Waals surface area contributed by atoms with Gasteiger partial charge in [-0.05, 0) is 34.1 Å². The molecule has 0 amide bonds. The van der Waals surface area contributed by atoms with Crippen LogP contribution in [-0.2, 0) is 0 Å². The minimum atomic E-state index is -0.374. The number of fused-ring (bicyclic) bond motifs is 1. The summed E-state index contributed by atoms with van der Waals surface area (Å²) in [7, 11) is 0. The quantitative estimate of drug-likeness (QED) is 0.679. The predicted octanol–water partition coefficient (Wildman–Crippen LogP) is 3.90. The summed E-state index contributed by atoms with van der Waals surface area (Å²) in [6.07, 6.45) is 2.42. The van der Waals surface area contributed by atoms with Crippen molar-refractivity contribution in [3.8, 4) is 11.6 Å². The lowest BCUT2D eigenvalue weighted by molar-refractivity contribution is 0.111. The molecular formula is C12H6BrFN2O2S. The lowest BCUT2D eigenvalue weighted by atomic mass is 10.3. The molecule has 2 aromatic heterocycles. The highest BCUT2D eigenvalue weighted by Crippen LogP contribution is 2.32. The summed E-state index contributed by atoms with van der Waals surface area (Å²) < 4.78 is 20.7. The van der Waals surface area contributed by atoms with E-state index in [0.717, 1.165) is 0 Å². The largest absolute Gasteiger partial charge is 0.436 e. The van der Waals surface area contributed by atoms with Crippen LogP contribution in [0.15, 0.2) is 34.2 Å². The number of hydrogen-bond donors (Lipinski definition) is 0. The number of nitrogens with zero attached hydrogens (tertiary/aromatic N) is 2. The molecule has 1 aromatic carbocycles. The van der Waals surface area contributed by atoms with Gasteiger partial charge in [0.25, 0.3) is 0 Å². The van der Waals surface area contributed by atoms with Crippen molar-refractivity contribution in [2.75, 3.05) is 0 Å². The van der Waals surface area contributed by atoms with Crippen molar-refractivity contribution in [3.63, 3.8) is 0 Å². The third kappa shape index (κ3) is 2.15. The van der Waals surface area contributed by atoms with Crippen LogP contribution in [0, 0.1) is 5.82 Å². The second-order valence-corrected chi connectivity index (χ2v) is 5.38. The van der Waals surface area contributed by atoms with E-state index in [2.05, 4.69) is 20.9 Å². The highest BCUT2D eigenvalue weighted by Gasteiger charge is 2.15. The van der Waals surface area contributed by atoms with Crippen LogP contribution in [0.4, 0.5) is 4.39 Å². The summed E-state index contributed by atoms with van der Waals surface area (Å²) >= 11 is 4.60. The molecule has 19 heavy (non-hydrogen) atoms. The number of thiazole rings is 1. The summed E-state index contributed by atoms with van der Waals surface area (Å²) in [5, 5.41) is 1.83. The van der Waals surface area contributed by atoms with Gasteiger partial charge in [-0.25, -0.2) is 4.39 Å². The van der Waals surface area contributed by atoms with Gasteiger partial charge in [0, 0.05) is 11.6 Å². The molecule has 0 aliphatic carbocycles. The van der Waals surface area contributed by atoms with Crippen molar-refractivity contribution in [2.45, 2.75) is 0 Å². The zero-order valence-corrected chi connectivity index (χ0v) is 11.7. The van der Waals surface area contributed by atoms with Gasteiger partial charge in [0.2, 0.25) is 5.88 Å². The third-order valence-corrected chi connectivity index (χ3v) is 3.85. The van der Waals surface area contributed by atoms with Gasteiger partial charge in [0.05, 0.1) is 4.47 Å². The number of aromatic nitrogens is 2. The Hall–Kier alpha value is -1.73.